The molecule has 0 radical (unpaired) electrons. The number of nitrogens with zero attached hydrogens (tertiary/aromatic N) is 3. The molecule has 1 fully saturated rings. The van der Waals surface area contributed by atoms with Crippen LogP contribution in [0.5, 0.6) is 0 Å². The first-order chi connectivity index (χ1) is 10.3. The van der Waals surface area contributed by atoms with Crippen molar-refractivity contribution in [1.29, 1.82) is 0 Å². The molecule has 4 heterocycles. The Hall–Kier alpha value is -1.51. The van der Waals surface area contributed by atoms with E-state index in [1.807, 2.05) is 17.5 Å². The molecule has 8 heteroatoms. The SMILES string of the molecule is Brc1csc(-c2noc(-c3cc(C4CCNC4)[nH]n3)n2)c1. The molecule has 1 saturated heterocycles. The average Bonchev–Trinajstić information content (AvgIpc) is 3.25. The van der Waals surface area contributed by atoms with Gasteiger partial charge >= 0.3 is 0 Å². The number of rotatable bonds is 3. The number of thiophene rings is 1. The number of halogens is 1. The lowest BCUT2D eigenvalue weighted by Crippen LogP contribution is -2.08. The third kappa shape index (κ3) is 2.54. The first-order valence-electron chi connectivity index (χ1n) is 6.64. The molecule has 6 nitrogen and oxygen atoms in total. The second-order valence-corrected chi connectivity index (χ2v) is 6.78. The molecule has 0 bridgehead atoms. The van der Waals surface area contributed by atoms with Gasteiger partial charge in [0.1, 0.15) is 0 Å². The number of hydrogen-bond donors (Lipinski definition) is 2. The molecular formula is C13H12BrN5OS. The van der Waals surface area contributed by atoms with E-state index < -0.39 is 0 Å². The highest BCUT2D eigenvalue weighted by Gasteiger charge is 2.21. The molecule has 108 valence electrons. The topological polar surface area (TPSA) is 79.6 Å². The van der Waals surface area contributed by atoms with Crippen molar-refractivity contribution in [3.63, 3.8) is 0 Å². The molecule has 0 aliphatic carbocycles. The highest BCUT2D eigenvalue weighted by Crippen LogP contribution is 2.30. The molecule has 1 aliphatic rings. The van der Waals surface area contributed by atoms with E-state index in [4.69, 9.17) is 4.52 Å². The molecule has 1 atom stereocenters. The van der Waals surface area contributed by atoms with Gasteiger partial charge < -0.3 is 9.84 Å². The monoisotopic (exact) mass is 365 g/mol. The van der Waals surface area contributed by atoms with Gasteiger partial charge in [-0.05, 0) is 41.0 Å². The van der Waals surface area contributed by atoms with Crippen molar-refractivity contribution in [3.05, 3.63) is 27.7 Å². The van der Waals surface area contributed by atoms with Gasteiger partial charge in [-0.25, -0.2) is 0 Å². The van der Waals surface area contributed by atoms with Crippen LogP contribution in [-0.4, -0.2) is 33.4 Å². The van der Waals surface area contributed by atoms with Crippen LogP contribution in [-0.2, 0) is 0 Å². The highest BCUT2D eigenvalue weighted by atomic mass is 79.9. The zero-order valence-corrected chi connectivity index (χ0v) is 13.4. The van der Waals surface area contributed by atoms with Crippen LogP contribution in [0.2, 0.25) is 0 Å². The van der Waals surface area contributed by atoms with E-state index in [0.717, 1.165) is 34.6 Å². The van der Waals surface area contributed by atoms with Gasteiger partial charge in [0, 0.05) is 28.0 Å². The summed E-state index contributed by atoms with van der Waals surface area (Å²) in [4.78, 5) is 5.38. The quantitative estimate of drug-likeness (QED) is 0.745. The fourth-order valence-corrected chi connectivity index (χ4v) is 3.79. The predicted molar refractivity (Wildman–Crippen MR) is 83.1 cm³/mol. The molecule has 1 aliphatic heterocycles. The van der Waals surface area contributed by atoms with Crippen LogP contribution in [0, 0.1) is 0 Å². The summed E-state index contributed by atoms with van der Waals surface area (Å²) in [6, 6.07) is 3.97. The van der Waals surface area contributed by atoms with Gasteiger partial charge in [0.2, 0.25) is 5.82 Å². The average molecular weight is 366 g/mol. The summed E-state index contributed by atoms with van der Waals surface area (Å²) < 4.78 is 6.34. The zero-order valence-electron chi connectivity index (χ0n) is 11.0. The maximum Gasteiger partial charge on any atom is 0.278 e. The Morgan fingerprint density at radius 2 is 2.33 bits per heavy atom. The fourth-order valence-electron chi connectivity index (χ4n) is 2.43. The summed E-state index contributed by atoms with van der Waals surface area (Å²) in [5, 5.41) is 16.7. The summed E-state index contributed by atoms with van der Waals surface area (Å²) in [5.41, 5.74) is 1.82. The smallest absolute Gasteiger partial charge is 0.278 e. The number of nitrogens with one attached hydrogen (secondary N) is 2. The van der Waals surface area contributed by atoms with Gasteiger partial charge in [0.25, 0.3) is 5.89 Å². The van der Waals surface area contributed by atoms with Gasteiger partial charge in [-0.2, -0.15) is 10.1 Å². The Morgan fingerprint density at radius 1 is 1.38 bits per heavy atom. The van der Waals surface area contributed by atoms with E-state index in [-0.39, 0.29) is 0 Å². The fraction of sp³-hybridized carbons (Fsp3) is 0.308. The molecule has 0 aromatic carbocycles. The van der Waals surface area contributed by atoms with Crippen molar-refractivity contribution in [2.75, 3.05) is 13.1 Å². The second kappa shape index (κ2) is 5.36. The van der Waals surface area contributed by atoms with Crippen molar-refractivity contribution in [2.45, 2.75) is 12.3 Å². The van der Waals surface area contributed by atoms with Gasteiger partial charge in [-0.1, -0.05) is 5.16 Å². The zero-order chi connectivity index (χ0) is 14.2. The lowest BCUT2D eigenvalue weighted by molar-refractivity contribution is 0.431. The van der Waals surface area contributed by atoms with Crippen LogP contribution >= 0.6 is 27.3 Å². The summed E-state index contributed by atoms with van der Waals surface area (Å²) in [5.74, 6) is 1.53. The summed E-state index contributed by atoms with van der Waals surface area (Å²) >= 11 is 4.99. The normalized spacial score (nSPS) is 18.4. The Morgan fingerprint density at radius 3 is 3.10 bits per heavy atom. The highest BCUT2D eigenvalue weighted by molar-refractivity contribution is 9.10. The molecule has 3 aromatic heterocycles. The van der Waals surface area contributed by atoms with E-state index in [1.165, 1.54) is 0 Å². The third-order valence-electron chi connectivity index (χ3n) is 3.53. The van der Waals surface area contributed by atoms with Crippen LogP contribution in [0.3, 0.4) is 0 Å². The maximum absolute atomic E-state index is 5.32. The van der Waals surface area contributed by atoms with Crippen LogP contribution < -0.4 is 5.32 Å². The molecule has 1 unspecified atom stereocenters. The molecule has 0 spiro atoms. The lowest BCUT2D eigenvalue weighted by atomic mass is 10.1. The third-order valence-corrected chi connectivity index (χ3v) is 5.22. The lowest BCUT2D eigenvalue weighted by Gasteiger charge is -2.02. The Kier molecular flexibility index (Phi) is 3.36. The van der Waals surface area contributed by atoms with E-state index in [9.17, 15) is 0 Å². The molecule has 0 amide bonds. The van der Waals surface area contributed by atoms with Gasteiger partial charge in [0.05, 0.1) is 4.88 Å². The summed E-state index contributed by atoms with van der Waals surface area (Å²) in [6.45, 7) is 2.04. The van der Waals surface area contributed by atoms with E-state index >= 15 is 0 Å². The van der Waals surface area contributed by atoms with Gasteiger partial charge in [-0.15, -0.1) is 11.3 Å². The minimum absolute atomic E-state index is 0.447. The Balaban J connectivity index is 1.60. The van der Waals surface area contributed by atoms with Crippen LogP contribution in [0.15, 0.2) is 26.5 Å². The Bertz CT molecular complexity index is 758. The standard InChI is InChI=1S/C13H12BrN5OS/c14-8-3-11(21-6-8)12-16-13(20-19-12)10-4-9(17-18-10)7-1-2-15-5-7/h3-4,6-7,15H,1-2,5H2,(H,17,18). The first-order valence-corrected chi connectivity index (χ1v) is 8.31. The van der Waals surface area contributed by atoms with Crippen molar-refractivity contribution < 1.29 is 4.52 Å². The van der Waals surface area contributed by atoms with Crippen LogP contribution in [0.1, 0.15) is 18.0 Å². The van der Waals surface area contributed by atoms with Gasteiger partial charge in [0.15, 0.2) is 5.69 Å². The molecule has 0 saturated carbocycles. The largest absolute Gasteiger partial charge is 0.332 e. The summed E-state index contributed by atoms with van der Waals surface area (Å²) in [6.07, 6.45) is 1.12. The predicted octanol–water partition coefficient (Wildman–Crippen LogP) is 3.03. The molecular weight excluding hydrogens is 354 g/mol. The molecule has 21 heavy (non-hydrogen) atoms. The minimum atomic E-state index is 0.447. The van der Waals surface area contributed by atoms with Crippen molar-refractivity contribution in [3.8, 4) is 22.3 Å². The van der Waals surface area contributed by atoms with Crippen molar-refractivity contribution in [2.24, 2.45) is 0 Å². The molecule has 2 N–H and O–H groups in total. The minimum Gasteiger partial charge on any atom is -0.332 e. The van der Waals surface area contributed by atoms with E-state index in [2.05, 4.69) is 41.6 Å². The van der Waals surface area contributed by atoms with E-state index in [1.54, 1.807) is 11.3 Å². The first kappa shape index (κ1) is 13.2. The van der Waals surface area contributed by atoms with Gasteiger partial charge in [-0.3, -0.25) is 5.10 Å². The number of hydrogen-bond acceptors (Lipinski definition) is 6. The van der Waals surface area contributed by atoms with Crippen molar-refractivity contribution >= 4 is 27.3 Å². The van der Waals surface area contributed by atoms with Crippen LogP contribution in [0.25, 0.3) is 22.3 Å². The Labute approximate surface area is 133 Å². The van der Waals surface area contributed by atoms with Crippen LogP contribution in [0.4, 0.5) is 0 Å². The number of aromatic nitrogens is 4. The number of aromatic amines is 1. The maximum atomic E-state index is 5.32. The number of H-pyrrole nitrogens is 1. The molecule has 3 aromatic rings. The second-order valence-electron chi connectivity index (χ2n) is 4.95. The van der Waals surface area contributed by atoms with E-state index in [0.29, 0.717) is 23.3 Å². The van der Waals surface area contributed by atoms with Crippen molar-refractivity contribution in [1.82, 2.24) is 25.7 Å². The summed E-state index contributed by atoms with van der Waals surface area (Å²) in [7, 11) is 0. The molecule has 4 rings (SSSR count).